The maximum atomic E-state index is 12.8. The van der Waals surface area contributed by atoms with Crippen molar-refractivity contribution in [1.82, 2.24) is 20.2 Å². The summed E-state index contributed by atoms with van der Waals surface area (Å²) in [6.07, 6.45) is 6.26. The number of ether oxygens (including phenoxy) is 1. The van der Waals surface area contributed by atoms with Crippen molar-refractivity contribution in [3.63, 3.8) is 0 Å². The van der Waals surface area contributed by atoms with Crippen molar-refractivity contribution >= 4 is 16.9 Å². The van der Waals surface area contributed by atoms with Crippen molar-refractivity contribution in [3.05, 3.63) is 70.3 Å². The number of nitrogens with one attached hydrogen (secondary N) is 2. The standard InChI is InChI=1S/C25H30N4O3/c1-2-29(17-23-27-22-14-7-6-13-21(22)24(30)28-23)25(31)26-16-18-9-8-12-20(15-18)32-19-10-4-3-5-11-19/h6-9,12-15,19H,2-5,10-11,16-17H2,1H3,(H,26,31)(H,27,28,30). The van der Waals surface area contributed by atoms with Gasteiger partial charge in [0.25, 0.3) is 5.56 Å². The third kappa shape index (κ3) is 5.46. The molecule has 0 saturated heterocycles. The molecule has 0 spiro atoms. The van der Waals surface area contributed by atoms with Gasteiger partial charge < -0.3 is 19.9 Å². The smallest absolute Gasteiger partial charge is 0.318 e. The van der Waals surface area contributed by atoms with Crippen LogP contribution in [0, 0.1) is 0 Å². The number of rotatable bonds is 7. The molecule has 1 aliphatic rings. The van der Waals surface area contributed by atoms with Gasteiger partial charge in [-0.3, -0.25) is 4.79 Å². The summed E-state index contributed by atoms with van der Waals surface area (Å²) in [6, 6.07) is 14.9. The Morgan fingerprint density at radius 1 is 1.16 bits per heavy atom. The number of fused-ring (bicyclic) bond motifs is 1. The lowest BCUT2D eigenvalue weighted by Crippen LogP contribution is -2.39. The Kier molecular flexibility index (Phi) is 7.04. The van der Waals surface area contributed by atoms with Crippen molar-refractivity contribution in [3.8, 4) is 5.75 Å². The summed E-state index contributed by atoms with van der Waals surface area (Å²) >= 11 is 0. The van der Waals surface area contributed by atoms with Crippen LogP contribution < -0.4 is 15.6 Å². The predicted molar refractivity (Wildman–Crippen MR) is 125 cm³/mol. The fourth-order valence-electron chi connectivity index (χ4n) is 4.11. The predicted octanol–water partition coefficient (Wildman–Crippen LogP) is 4.37. The van der Waals surface area contributed by atoms with Gasteiger partial charge in [0.2, 0.25) is 0 Å². The minimum Gasteiger partial charge on any atom is -0.490 e. The number of benzene rings is 2. The highest BCUT2D eigenvalue weighted by Crippen LogP contribution is 2.24. The number of amides is 2. The van der Waals surface area contributed by atoms with Gasteiger partial charge in [0.15, 0.2) is 0 Å². The fraction of sp³-hybridized carbons (Fsp3) is 0.400. The first-order valence-electron chi connectivity index (χ1n) is 11.4. The lowest BCUT2D eigenvalue weighted by molar-refractivity contribution is 0.155. The topological polar surface area (TPSA) is 87.3 Å². The molecule has 0 radical (unpaired) electrons. The second kappa shape index (κ2) is 10.3. The van der Waals surface area contributed by atoms with Crippen LogP contribution in [0.3, 0.4) is 0 Å². The number of carbonyl (C=O) groups is 1. The van der Waals surface area contributed by atoms with Crippen molar-refractivity contribution in [2.75, 3.05) is 6.54 Å². The molecule has 2 N–H and O–H groups in total. The van der Waals surface area contributed by atoms with E-state index in [9.17, 15) is 9.59 Å². The highest BCUT2D eigenvalue weighted by molar-refractivity contribution is 5.77. The average molecular weight is 435 g/mol. The second-order valence-electron chi connectivity index (χ2n) is 8.23. The summed E-state index contributed by atoms with van der Waals surface area (Å²) < 4.78 is 6.13. The van der Waals surface area contributed by atoms with Crippen LogP contribution in [0.25, 0.3) is 10.9 Å². The Hall–Kier alpha value is -3.35. The SMILES string of the molecule is CCN(Cc1nc2ccccc2c(=O)[nH]1)C(=O)NCc1cccc(OC2CCCCC2)c1. The molecule has 1 fully saturated rings. The molecule has 1 saturated carbocycles. The zero-order chi connectivity index (χ0) is 22.3. The molecule has 7 nitrogen and oxygen atoms in total. The van der Waals surface area contributed by atoms with Gasteiger partial charge in [0, 0.05) is 13.1 Å². The lowest BCUT2D eigenvalue weighted by atomic mass is 9.98. The highest BCUT2D eigenvalue weighted by atomic mass is 16.5. The van der Waals surface area contributed by atoms with E-state index in [1.165, 1.54) is 19.3 Å². The van der Waals surface area contributed by atoms with Gasteiger partial charge in [0.05, 0.1) is 23.6 Å². The van der Waals surface area contributed by atoms with Crippen LogP contribution in [-0.2, 0) is 13.1 Å². The van der Waals surface area contributed by atoms with Crippen LogP contribution >= 0.6 is 0 Å². The minimum absolute atomic E-state index is 0.197. The Balaban J connectivity index is 1.36. The summed E-state index contributed by atoms with van der Waals surface area (Å²) in [7, 11) is 0. The molecule has 3 aromatic rings. The quantitative estimate of drug-likeness (QED) is 0.578. The molecule has 1 heterocycles. The van der Waals surface area contributed by atoms with Gasteiger partial charge in [-0.1, -0.05) is 30.7 Å². The number of nitrogens with zero attached hydrogens (tertiary/aromatic N) is 2. The van der Waals surface area contributed by atoms with E-state index in [1.807, 2.05) is 37.3 Å². The number of hydrogen-bond donors (Lipinski definition) is 2. The highest BCUT2D eigenvalue weighted by Gasteiger charge is 2.16. The van der Waals surface area contributed by atoms with Gasteiger partial charge in [-0.15, -0.1) is 0 Å². The van der Waals surface area contributed by atoms with Crippen LogP contribution in [0.2, 0.25) is 0 Å². The van der Waals surface area contributed by atoms with Crippen LogP contribution in [0.4, 0.5) is 4.79 Å². The summed E-state index contributed by atoms with van der Waals surface area (Å²) in [5, 5.41) is 3.51. The molecule has 0 unspecified atom stereocenters. The van der Waals surface area contributed by atoms with E-state index >= 15 is 0 Å². The molecule has 2 amide bonds. The van der Waals surface area contributed by atoms with Crippen molar-refractivity contribution in [2.24, 2.45) is 0 Å². The first kappa shape index (κ1) is 21.9. The Morgan fingerprint density at radius 3 is 2.78 bits per heavy atom. The zero-order valence-corrected chi connectivity index (χ0v) is 18.5. The summed E-state index contributed by atoms with van der Waals surface area (Å²) in [4.78, 5) is 34.0. The van der Waals surface area contributed by atoms with E-state index in [0.717, 1.165) is 24.2 Å². The van der Waals surface area contributed by atoms with Crippen LogP contribution in [0.1, 0.15) is 50.4 Å². The minimum atomic E-state index is -0.207. The molecule has 7 heteroatoms. The van der Waals surface area contributed by atoms with E-state index in [1.54, 1.807) is 23.1 Å². The maximum absolute atomic E-state index is 12.8. The van der Waals surface area contributed by atoms with Gasteiger partial charge in [-0.05, 0) is 62.4 Å². The second-order valence-corrected chi connectivity index (χ2v) is 8.23. The van der Waals surface area contributed by atoms with Crippen molar-refractivity contribution in [2.45, 2.75) is 58.2 Å². The zero-order valence-electron chi connectivity index (χ0n) is 18.5. The Morgan fingerprint density at radius 2 is 1.97 bits per heavy atom. The number of H-pyrrole nitrogens is 1. The number of para-hydroxylation sites is 1. The number of aromatic amines is 1. The van der Waals surface area contributed by atoms with E-state index in [2.05, 4.69) is 15.3 Å². The first-order chi connectivity index (χ1) is 15.6. The summed E-state index contributed by atoms with van der Waals surface area (Å²) in [5.41, 5.74) is 1.41. The van der Waals surface area contributed by atoms with Gasteiger partial charge >= 0.3 is 6.03 Å². The number of urea groups is 1. The average Bonchev–Trinajstić information content (AvgIpc) is 2.82. The maximum Gasteiger partial charge on any atom is 0.318 e. The van der Waals surface area contributed by atoms with Gasteiger partial charge in [0.1, 0.15) is 11.6 Å². The van der Waals surface area contributed by atoms with Crippen molar-refractivity contribution < 1.29 is 9.53 Å². The van der Waals surface area contributed by atoms with E-state index in [0.29, 0.717) is 35.9 Å². The molecular formula is C25H30N4O3. The Labute approximate surface area is 187 Å². The molecule has 0 atom stereocenters. The monoisotopic (exact) mass is 434 g/mol. The molecule has 0 bridgehead atoms. The third-order valence-electron chi connectivity index (χ3n) is 5.87. The molecule has 4 rings (SSSR count). The van der Waals surface area contributed by atoms with Crippen LogP contribution in [0.5, 0.6) is 5.75 Å². The van der Waals surface area contributed by atoms with E-state index < -0.39 is 0 Å². The molecule has 2 aromatic carbocycles. The van der Waals surface area contributed by atoms with Gasteiger partial charge in [-0.2, -0.15) is 0 Å². The van der Waals surface area contributed by atoms with Crippen LogP contribution in [0.15, 0.2) is 53.3 Å². The molecule has 1 aliphatic carbocycles. The lowest BCUT2D eigenvalue weighted by Gasteiger charge is -2.23. The summed E-state index contributed by atoms with van der Waals surface area (Å²) in [6.45, 7) is 3.02. The van der Waals surface area contributed by atoms with Crippen molar-refractivity contribution in [1.29, 1.82) is 0 Å². The normalized spacial score (nSPS) is 14.3. The number of aromatic nitrogens is 2. The fourth-order valence-corrected chi connectivity index (χ4v) is 4.11. The molecule has 168 valence electrons. The number of hydrogen-bond acceptors (Lipinski definition) is 4. The van der Waals surface area contributed by atoms with E-state index in [-0.39, 0.29) is 18.1 Å². The number of carbonyl (C=O) groups excluding carboxylic acids is 1. The molecular weight excluding hydrogens is 404 g/mol. The molecule has 1 aromatic heterocycles. The Bertz CT molecular complexity index is 1120. The first-order valence-corrected chi connectivity index (χ1v) is 11.4. The molecule has 0 aliphatic heterocycles. The van der Waals surface area contributed by atoms with Gasteiger partial charge in [-0.25, -0.2) is 9.78 Å². The van der Waals surface area contributed by atoms with E-state index in [4.69, 9.17) is 4.74 Å². The third-order valence-corrected chi connectivity index (χ3v) is 5.87. The summed E-state index contributed by atoms with van der Waals surface area (Å²) in [5.74, 6) is 1.32. The largest absolute Gasteiger partial charge is 0.490 e. The molecule has 32 heavy (non-hydrogen) atoms. The van der Waals surface area contributed by atoms with Crippen LogP contribution in [-0.4, -0.2) is 33.5 Å².